The Morgan fingerprint density at radius 3 is 2.43 bits per heavy atom. The Balaban J connectivity index is 1.33. The van der Waals surface area contributed by atoms with Gasteiger partial charge in [-0.2, -0.15) is 0 Å². The summed E-state index contributed by atoms with van der Waals surface area (Å²) in [5.74, 6) is -0.0833. The first-order valence-electron chi connectivity index (χ1n) is 9.97. The first-order valence-corrected chi connectivity index (χ1v) is 10.3. The van der Waals surface area contributed by atoms with Crippen LogP contribution < -0.4 is 5.32 Å². The van der Waals surface area contributed by atoms with E-state index in [1.165, 1.54) is 0 Å². The van der Waals surface area contributed by atoms with Crippen molar-refractivity contribution < 1.29 is 9.59 Å². The van der Waals surface area contributed by atoms with E-state index in [1.54, 1.807) is 9.80 Å². The molecule has 1 N–H and O–H groups in total. The van der Waals surface area contributed by atoms with Crippen LogP contribution in [-0.2, 0) is 11.3 Å². The number of hydrogen-bond acceptors (Lipinski definition) is 4. The molecule has 1 aromatic carbocycles. The Morgan fingerprint density at radius 2 is 1.71 bits per heavy atom. The lowest BCUT2D eigenvalue weighted by molar-refractivity contribution is -0.121. The normalized spacial score (nSPS) is 18.7. The monoisotopic (exact) mass is 407 g/mol. The topological polar surface area (TPSA) is 59.1 Å². The van der Waals surface area contributed by atoms with E-state index in [9.17, 15) is 9.59 Å². The molecule has 0 atom stereocenters. The maximum absolute atomic E-state index is 12.5. The smallest absolute Gasteiger partial charge is 0.320 e. The van der Waals surface area contributed by atoms with E-state index in [4.69, 9.17) is 11.6 Å². The van der Waals surface area contributed by atoms with E-state index in [-0.39, 0.29) is 18.5 Å². The van der Waals surface area contributed by atoms with Gasteiger partial charge >= 0.3 is 6.03 Å². The van der Waals surface area contributed by atoms with Gasteiger partial charge in [0.1, 0.15) is 6.54 Å². The number of urea groups is 1. The molecule has 0 aromatic heterocycles. The molecule has 2 saturated heterocycles. The van der Waals surface area contributed by atoms with Crippen molar-refractivity contribution in [2.45, 2.75) is 13.0 Å². The maximum atomic E-state index is 12.5. The number of carbonyl (C=O) groups is 2. The Labute approximate surface area is 172 Å². The van der Waals surface area contributed by atoms with Gasteiger partial charge in [0.15, 0.2) is 0 Å². The van der Waals surface area contributed by atoms with Gasteiger partial charge in [-0.25, -0.2) is 4.79 Å². The number of amides is 3. The van der Waals surface area contributed by atoms with Crippen molar-refractivity contribution in [3.05, 3.63) is 34.9 Å². The van der Waals surface area contributed by atoms with Crippen LogP contribution in [0.4, 0.5) is 4.79 Å². The molecule has 0 spiro atoms. The molecular weight excluding hydrogens is 378 g/mol. The lowest BCUT2D eigenvalue weighted by Crippen LogP contribution is -2.45. The molecule has 8 heteroatoms. The number of piperazine rings is 1. The summed E-state index contributed by atoms with van der Waals surface area (Å²) in [5, 5.41) is 3.63. The lowest BCUT2D eigenvalue weighted by Gasteiger charge is -2.32. The predicted octanol–water partition coefficient (Wildman–Crippen LogP) is 1.33. The number of likely N-dealkylation sites (N-methyl/N-ethyl adjacent to an activating group) is 1. The van der Waals surface area contributed by atoms with Crippen LogP contribution in [0, 0.1) is 0 Å². The molecular formula is C20H30ClN5O2. The van der Waals surface area contributed by atoms with E-state index >= 15 is 0 Å². The number of nitrogens with one attached hydrogen (secondary N) is 1. The Morgan fingerprint density at radius 1 is 1.04 bits per heavy atom. The molecule has 0 radical (unpaired) electrons. The fraction of sp³-hybridized carbons (Fsp3) is 0.600. The van der Waals surface area contributed by atoms with Crippen molar-refractivity contribution in [3.8, 4) is 0 Å². The number of carbonyl (C=O) groups excluding carboxylic acids is 2. The summed E-state index contributed by atoms with van der Waals surface area (Å²) in [4.78, 5) is 32.8. The van der Waals surface area contributed by atoms with E-state index in [2.05, 4.69) is 22.2 Å². The second-order valence-electron chi connectivity index (χ2n) is 7.60. The Kier molecular flexibility index (Phi) is 7.53. The highest BCUT2D eigenvalue weighted by Crippen LogP contribution is 2.15. The number of nitrogens with zero attached hydrogens (tertiary/aromatic N) is 4. The van der Waals surface area contributed by atoms with Crippen LogP contribution in [0.15, 0.2) is 24.3 Å². The van der Waals surface area contributed by atoms with Crippen LogP contribution in [0.5, 0.6) is 0 Å². The van der Waals surface area contributed by atoms with Crippen LogP contribution in [-0.4, -0.2) is 97.5 Å². The van der Waals surface area contributed by atoms with Crippen molar-refractivity contribution >= 4 is 23.5 Å². The first-order chi connectivity index (χ1) is 13.5. The molecule has 0 saturated carbocycles. The predicted molar refractivity (Wildman–Crippen MR) is 110 cm³/mol. The number of hydrogen-bond donors (Lipinski definition) is 1. The molecule has 0 aliphatic carbocycles. The van der Waals surface area contributed by atoms with Crippen molar-refractivity contribution in [3.63, 3.8) is 0 Å². The zero-order chi connectivity index (χ0) is 19.9. The molecule has 3 amide bonds. The van der Waals surface area contributed by atoms with Gasteiger partial charge < -0.3 is 24.9 Å². The molecule has 0 bridgehead atoms. The number of benzene rings is 1. The van der Waals surface area contributed by atoms with Crippen molar-refractivity contribution in [2.24, 2.45) is 0 Å². The van der Waals surface area contributed by atoms with Gasteiger partial charge in [-0.15, -0.1) is 0 Å². The molecule has 3 rings (SSSR count). The van der Waals surface area contributed by atoms with Crippen LogP contribution in [0.2, 0.25) is 5.02 Å². The highest BCUT2D eigenvalue weighted by atomic mass is 35.5. The average Bonchev–Trinajstić information content (AvgIpc) is 3.02. The molecule has 2 heterocycles. The summed E-state index contributed by atoms with van der Waals surface area (Å²) in [6.45, 7) is 7.95. The third kappa shape index (κ3) is 6.09. The van der Waals surface area contributed by atoms with E-state index in [1.807, 2.05) is 24.3 Å². The van der Waals surface area contributed by atoms with E-state index < -0.39 is 0 Å². The zero-order valence-corrected chi connectivity index (χ0v) is 17.3. The summed E-state index contributed by atoms with van der Waals surface area (Å²) in [6, 6.07) is 7.41. The fourth-order valence-electron chi connectivity index (χ4n) is 3.57. The summed E-state index contributed by atoms with van der Waals surface area (Å²) < 4.78 is 0. The quantitative estimate of drug-likeness (QED) is 0.660. The van der Waals surface area contributed by atoms with Crippen LogP contribution in [0.25, 0.3) is 0 Å². The minimum Gasteiger partial charge on any atom is -0.355 e. The molecule has 0 unspecified atom stereocenters. The Hall–Kier alpha value is -1.83. The molecule has 28 heavy (non-hydrogen) atoms. The summed E-state index contributed by atoms with van der Waals surface area (Å²) in [7, 11) is 2.15. The number of halogens is 1. The summed E-state index contributed by atoms with van der Waals surface area (Å²) in [6.07, 6.45) is 0.937. The maximum Gasteiger partial charge on any atom is 0.320 e. The van der Waals surface area contributed by atoms with Crippen molar-refractivity contribution in [1.82, 2.24) is 24.9 Å². The molecule has 7 nitrogen and oxygen atoms in total. The van der Waals surface area contributed by atoms with Gasteiger partial charge in [-0.05, 0) is 37.7 Å². The first kappa shape index (κ1) is 20.9. The SMILES string of the molecule is CN1CCN(CCCNC(=O)CN2CCN(Cc3ccc(Cl)cc3)C2=O)CC1. The molecule has 2 aliphatic rings. The standard InChI is InChI=1S/C20H30ClN5O2/c1-23-9-11-24(12-10-23)8-2-7-22-19(27)16-26-14-13-25(20(26)28)15-17-3-5-18(21)6-4-17/h3-6H,2,7-16H2,1H3,(H,22,27). The van der Waals surface area contributed by atoms with Gasteiger partial charge in [0.25, 0.3) is 0 Å². The molecule has 2 aliphatic heterocycles. The van der Waals surface area contributed by atoms with Crippen LogP contribution >= 0.6 is 11.6 Å². The van der Waals surface area contributed by atoms with Crippen LogP contribution in [0.3, 0.4) is 0 Å². The van der Waals surface area contributed by atoms with E-state index in [0.717, 1.165) is 44.7 Å². The third-order valence-corrected chi connectivity index (χ3v) is 5.62. The summed E-state index contributed by atoms with van der Waals surface area (Å²) in [5.41, 5.74) is 1.04. The second kappa shape index (κ2) is 10.1. The van der Waals surface area contributed by atoms with Crippen LogP contribution in [0.1, 0.15) is 12.0 Å². The molecule has 2 fully saturated rings. The van der Waals surface area contributed by atoms with Gasteiger partial charge in [-0.3, -0.25) is 4.79 Å². The fourth-order valence-corrected chi connectivity index (χ4v) is 3.69. The van der Waals surface area contributed by atoms with Gasteiger partial charge in [-0.1, -0.05) is 23.7 Å². The highest BCUT2D eigenvalue weighted by molar-refractivity contribution is 6.30. The zero-order valence-electron chi connectivity index (χ0n) is 16.6. The minimum absolute atomic E-state index is 0.0810. The lowest BCUT2D eigenvalue weighted by atomic mass is 10.2. The average molecular weight is 408 g/mol. The third-order valence-electron chi connectivity index (χ3n) is 5.37. The largest absolute Gasteiger partial charge is 0.355 e. The van der Waals surface area contributed by atoms with Gasteiger partial charge in [0, 0.05) is 57.4 Å². The minimum atomic E-state index is -0.0833. The van der Waals surface area contributed by atoms with Crippen molar-refractivity contribution in [1.29, 1.82) is 0 Å². The molecule has 1 aromatic rings. The second-order valence-corrected chi connectivity index (χ2v) is 8.04. The van der Waals surface area contributed by atoms with E-state index in [0.29, 0.717) is 31.2 Å². The Bertz CT molecular complexity index is 661. The van der Waals surface area contributed by atoms with Gasteiger partial charge in [0.2, 0.25) is 5.91 Å². The summed E-state index contributed by atoms with van der Waals surface area (Å²) >= 11 is 5.90. The molecule has 154 valence electrons. The highest BCUT2D eigenvalue weighted by Gasteiger charge is 2.29. The van der Waals surface area contributed by atoms with Crippen molar-refractivity contribution in [2.75, 3.05) is 66.0 Å². The number of rotatable bonds is 8. The van der Waals surface area contributed by atoms with Gasteiger partial charge in [0.05, 0.1) is 0 Å².